The van der Waals surface area contributed by atoms with Crippen molar-refractivity contribution in [3.8, 4) is 11.8 Å². The Morgan fingerprint density at radius 2 is 2.33 bits per heavy atom. The molecule has 108 valence electrons. The smallest absolute Gasteiger partial charge is 0.267 e. The van der Waals surface area contributed by atoms with Gasteiger partial charge in [0, 0.05) is 12.0 Å². The van der Waals surface area contributed by atoms with Crippen molar-refractivity contribution < 1.29 is 14.3 Å². The molecule has 1 heterocycles. The fourth-order valence-electron chi connectivity index (χ4n) is 1.61. The van der Waals surface area contributed by atoms with E-state index >= 15 is 0 Å². The van der Waals surface area contributed by atoms with Crippen molar-refractivity contribution in [2.75, 3.05) is 11.9 Å². The van der Waals surface area contributed by atoms with E-state index in [0.717, 1.165) is 0 Å². The molecule has 0 saturated heterocycles. The Bertz CT molecular complexity index is 716. The van der Waals surface area contributed by atoms with E-state index in [2.05, 4.69) is 22.1 Å². The van der Waals surface area contributed by atoms with Crippen molar-refractivity contribution in [2.24, 2.45) is 0 Å². The van der Waals surface area contributed by atoms with Crippen LogP contribution in [0.4, 0.5) is 10.1 Å². The van der Waals surface area contributed by atoms with Crippen LogP contribution < -0.4 is 5.32 Å². The van der Waals surface area contributed by atoms with Crippen molar-refractivity contribution in [1.82, 2.24) is 4.98 Å². The standard InChI is InChI=1S/C15H13FN2O2S/c1-10-14(21-9-17-10)15(20)18-13-6-5-11(8-12(13)16)4-2-3-7-19/h5-6,8-9,19H,3,7H2,1H3,(H,18,20). The second kappa shape index (κ2) is 6.97. The van der Waals surface area contributed by atoms with Gasteiger partial charge in [-0.25, -0.2) is 9.37 Å². The van der Waals surface area contributed by atoms with E-state index in [1.807, 2.05) is 0 Å². The Hall–Kier alpha value is -2.23. The summed E-state index contributed by atoms with van der Waals surface area (Å²) in [5.74, 6) is 4.51. The van der Waals surface area contributed by atoms with Crippen molar-refractivity contribution in [2.45, 2.75) is 13.3 Å². The van der Waals surface area contributed by atoms with E-state index in [0.29, 0.717) is 22.6 Å². The van der Waals surface area contributed by atoms with Crippen molar-refractivity contribution in [1.29, 1.82) is 0 Å². The van der Waals surface area contributed by atoms with Gasteiger partial charge in [0.1, 0.15) is 10.7 Å². The monoisotopic (exact) mass is 304 g/mol. The number of amides is 1. The molecule has 2 aromatic rings. The first-order valence-electron chi connectivity index (χ1n) is 6.22. The molecule has 0 fully saturated rings. The number of benzene rings is 1. The Balaban J connectivity index is 2.13. The van der Waals surface area contributed by atoms with Gasteiger partial charge in [0.15, 0.2) is 0 Å². The van der Waals surface area contributed by atoms with Crippen molar-refractivity contribution in [3.05, 3.63) is 45.7 Å². The molecule has 0 bridgehead atoms. The van der Waals surface area contributed by atoms with Gasteiger partial charge in [-0.3, -0.25) is 4.79 Å². The number of hydrogen-bond donors (Lipinski definition) is 2. The summed E-state index contributed by atoms with van der Waals surface area (Å²) in [7, 11) is 0. The lowest BCUT2D eigenvalue weighted by Gasteiger charge is -2.05. The Morgan fingerprint density at radius 1 is 1.52 bits per heavy atom. The molecule has 1 aromatic heterocycles. The first-order chi connectivity index (χ1) is 10.1. The van der Waals surface area contributed by atoms with Crippen LogP contribution in [0.5, 0.6) is 0 Å². The number of aryl methyl sites for hydroxylation is 1. The van der Waals surface area contributed by atoms with Gasteiger partial charge in [0.05, 0.1) is 23.5 Å². The largest absolute Gasteiger partial charge is 0.395 e. The Labute approximate surface area is 125 Å². The van der Waals surface area contributed by atoms with Crippen molar-refractivity contribution >= 4 is 22.9 Å². The number of rotatable bonds is 3. The third-order valence-electron chi connectivity index (χ3n) is 2.64. The number of thiazole rings is 1. The second-order valence-electron chi connectivity index (χ2n) is 4.19. The minimum Gasteiger partial charge on any atom is -0.395 e. The third-order valence-corrected chi connectivity index (χ3v) is 3.57. The van der Waals surface area contributed by atoms with Crippen LogP contribution in [0.1, 0.15) is 27.3 Å². The van der Waals surface area contributed by atoms with E-state index in [1.165, 1.54) is 23.5 Å². The van der Waals surface area contributed by atoms with Gasteiger partial charge in [-0.15, -0.1) is 11.3 Å². The Kier molecular flexibility index (Phi) is 5.04. The predicted octanol–water partition coefficient (Wildman–Crippen LogP) is 2.58. The van der Waals surface area contributed by atoms with Crippen LogP contribution in [0.15, 0.2) is 23.7 Å². The number of carbonyl (C=O) groups excluding carboxylic acids is 1. The normalized spacial score (nSPS) is 9.86. The van der Waals surface area contributed by atoms with Crippen LogP contribution in [0.25, 0.3) is 0 Å². The lowest BCUT2D eigenvalue weighted by Crippen LogP contribution is -2.12. The molecule has 4 nitrogen and oxygen atoms in total. The molecule has 2 N–H and O–H groups in total. The number of anilines is 1. The van der Waals surface area contributed by atoms with Gasteiger partial charge in [-0.2, -0.15) is 0 Å². The highest BCUT2D eigenvalue weighted by atomic mass is 32.1. The topological polar surface area (TPSA) is 62.2 Å². The summed E-state index contributed by atoms with van der Waals surface area (Å²) in [6.45, 7) is 1.69. The van der Waals surface area contributed by atoms with E-state index < -0.39 is 5.82 Å². The molecule has 2 rings (SSSR count). The molecule has 0 aliphatic rings. The van der Waals surface area contributed by atoms with Gasteiger partial charge in [-0.05, 0) is 25.1 Å². The first-order valence-corrected chi connectivity index (χ1v) is 7.10. The number of nitrogens with one attached hydrogen (secondary N) is 1. The molecule has 0 atom stereocenters. The zero-order valence-electron chi connectivity index (χ0n) is 11.3. The molecule has 21 heavy (non-hydrogen) atoms. The minimum atomic E-state index is -0.554. The molecule has 0 radical (unpaired) electrons. The number of carbonyl (C=O) groups is 1. The fourth-order valence-corrected chi connectivity index (χ4v) is 2.31. The number of halogens is 1. The summed E-state index contributed by atoms with van der Waals surface area (Å²) < 4.78 is 13.9. The van der Waals surface area contributed by atoms with Crippen LogP contribution in [-0.4, -0.2) is 22.6 Å². The van der Waals surface area contributed by atoms with Gasteiger partial charge >= 0.3 is 0 Å². The number of aliphatic hydroxyl groups excluding tert-OH is 1. The third kappa shape index (κ3) is 3.88. The van der Waals surface area contributed by atoms with Crippen LogP contribution >= 0.6 is 11.3 Å². The molecule has 0 spiro atoms. The van der Waals surface area contributed by atoms with Gasteiger partial charge in [0.25, 0.3) is 5.91 Å². The summed E-state index contributed by atoms with van der Waals surface area (Å²) >= 11 is 1.21. The second-order valence-corrected chi connectivity index (χ2v) is 5.05. The molecule has 0 saturated carbocycles. The quantitative estimate of drug-likeness (QED) is 0.857. The van der Waals surface area contributed by atoms with Gasteiger partial charge < -0.3 is 10.4 Å². The summed E-state index contributed by atoms with van der Waals surface area (Å²) in [6, 6.07) is 4.33. The highest BCUT2D eigenvalue weighted by molar-refractivity contribution is 7.12. The molecule has 0 aliphatic heterocycles. The number of nitrogens with zero attached hydrogens (tertiary/aromatic N) is 1. The van der Waals surface area contributed by atoms with E-state index in [9.17, 15) is 9.18 Å². The van der Waals surface area contributed by atoms with Crippen LogP contribution in [0.3, 0.4) is 0 Å². The fraction of sp³-hybridized carbons (Fsp3) is 0.200. The molecule has 0 unspecified atom stereocenters. The molecular weight excluding hydrogens is 291 g/mol. The summed E-state index contributed by atoms with van der Waals surface area (Å²) in [4.78, 5) is 16.4. The maximum atomic E-state index is 13.9. The zero-order valence-corrected chi connectivity index (χ0v) is 12.1. The number of aliphatic hydroxyl groups is 1. The predicted molar refractivity (Wildman–Crippen MR) is 79.8 cm³/mol. The molecular formula is C15H13FN2O2S. The molecule has 6 heteroatoms. The number of hydrogen-bond acceptors (Lipinski definition) is 4. The van der Waals surface area contributed by atoms with Crippen molar-refractivity contribution in [3.63, 3.8) is 0 Å². The minimum absolute atomic E-state index is 0.0299. The average molecular weight is 304 g/mol. The van der Waals surface area contributed by atoms with Crippen LogP contribution in [-0.2, 0) is 0 Å². The van der Waals surface area contributed by atoms with Crippen LogP contribution in [0.2, 0.25) is 0 Å². The van der Waals surface area contributed by atoms with Gasteiger partial charge in [0.2, 0.25) is 0 Å². The highest BCUT2D eigenvalue weighted by Gasteiger charge is 2.13. The highest BCUT2D eigenvalue weighted by Crippen LogP contribution is 2.19. The van der Waals surface area contributed by atoms with E-state index in [4.69, 9.17) is 5.11 Å². The lowest BCUT2D eigenvalue weighted by molar-refractivity contribution is 0.102. The van der Waals surface area contributed by atoms with E-state index in [1.54, 1.807) is 18.5 Å². The summed E-state index contributed by atoms with van der Waals surface area (Å²) in [5.41, 5.74) is 2.78. The Morgan fingerprint density at radius 3 is 2.95 bits per heavy atom. The zero-order chi connectivity index (χ0) is 15.2. The maximum Gasteiger partial charge on any atom is 0.267 e. The molecule has 1 amide bonds. The average Bonchev–Trinajstić information content (AvgIpc) is 2.88. The SMILES string of the molecule is Cc1ncsc1C(=O)Nc1ccc(C#CCCO)cc1F. The van der Waals surface area contributed by atoms with E-state index in [-0.39, 0.29) is 18.2 Å². The molecule has 0 aliphatic carbocycles. The number of aromatic nitrogens is 1. The van der Waals surface area contributed by atoms with Crippen LogP contribution in [0, 0.1) is 24.6 Å². The lowest BCUT2D eigenvalue weighted by atomic mass is 10.2. The summed E-state index contributed by atoms with van der Waals surface area (Å²) in [6.07, 6.45) is 0.338. The molecule has 1 aromatic carbocycles. The maximum absolute atomic E-state index is 13.9. The first kappa shape index (κ1) is 15.2. The van der Waals surface area contributed by atoms with Gasteiger partial charge in [-0.1, -0.05) is 11.8 Å². The summed E-state index contributed by atoms with van der Waals surface area (Å²) in [5, 5.41) is 11.1.